The van der Waals surface area contributed by atoms with E-state index in [0.29, 0.717) is 22.7 Å². The highest BCUT2D eigenvalue weighted by Gasteiger charge is 2.19. The first-order valence-electron chi connectivity index (χ1n) is 11.0. The van der Waals surface area contributed by atoms with E-state index in [0.717, 1.165) is 43.9 Å². The largest absolute Gasteiger partial charge is 0.454 e. The predicted octanol–water partition coefficient (Wildman–Crippen LogP) is 2.77. The standard InChI is InChI=1S/C25H26N4O4/c1-28-8-10-29(11-9-28)15-18-4-2-3-5-21(18)27-25(31)20-12-19(14-26-24(20)30)17-6-7-22-23(13-17)33-16-32-22/h2-7,12-14H,8-11,15-16H2,1H3,(H,26,30)(H,27,31). The molecule has 0 bridgehead atoms. The molecule has 0 atom stereocenters. The number of piperazine rings is 1. The van der Waals surface area contributed by atoms with E-state index in [-0.39, 0.29) is 12.4 Å². The van der Waals surface area contributed by atoms with Crippen LogP contribution in [-0.2, 0) is 6.54 Å². The van der Waals surface area contributed by atoms with Gasteiger partial charge >= 0.3 is 0 Å². The molecular weight excluding hydrogens is 420 g/mol. The summed E-state index contributed by atoms with van der Waals surface area (Å²) < 4.78 is 10.8. The van der Waals surface area contributed by atoms with Gasteiger partial charge in [0.05, 0.1) is 0 Å². The number of hydrogen-bond acceptors (Lipinski definition) is 6. The van der Waals surface area contributed by atoms with Crippen molar-refractivity contribution in [2.24, 2.45) is 0 Å². The quantitative estimate of drug-likeness (QED) is 0.627. The van der Waals surface area contributed by atoms with Gasteiger partial charge in [-0.15, -0.1) is 0 Å². The van der Waals surface area contributed by atoms with E-state index in [1.165, 1.54) is 0 Å². The Labute approximate surface area is 191 Å². The van der Waals surface area contributed by atoms with Crippen LogP contribution in [0.2, 0.25) is 0 Å². The molecule has 3 heterocycles. The summed E-state index contributed by atoms with van der Waals surface area (Å²) in [5.41, 5.74) is 2.89. The second kappa shape index (κ2) is 9.09. The zero-order valence-electron chi connectivity index (χ0n) is 18.5. The Kier molecular flexibility index (Phi) is 5.85. The second-order valence-electron chi connectivity index (χ2n) is 8.39. The van der Waals surface area contributed by atoms with Crippen LogP contribution in [0.1, 0.15) is 15.9 Å². The lowest BCUT2D eigenvalue weighted by Gasteiger charge is -2.32. The number of aromatic nitrogens is 1. The van der Waals surface area contributed by atoms with Gasteiger partial charge in [0.25, 0.3) is 11.5 Å². The van der Waals surface area contributed by atoms with Crippen molar-refractivity contribution in [3.63, 3.8) is 0 Å². The average molecular weight is 447 g/mol. The van der Waals surface area contributed by atoms with Crippen LogP contribution in [-0.4, -0.2) is 60.7 Å². The van der Waals surface area contributed by atoms with Crippen LogP contribution in [0.5, 0.6) is 11.5 Å². The number of likely N-dealkylation sites (N-methyl/N-ethyl adjacent to an activating group) is 1. The Hall–Kier alpha value is -3.62. The molecule has 33 heavy (non-hydrogen) atoms. The molecule has 1 saturated heterocycles. The van der Waals surface area contributed by atoms with Crippen LogP contribution < -0.4 is 20.3 Å². The molecule has 3 aromatic rings. The first kappa shape index (κ1) is 21.2. The van der Waals surface area contributed by atoms with E-state index in [1.54, 1.807) is 12.3 Å². The first-order valence-corrected chi connectivity index (χ1v) is 11.0. The van der Waals surface area contributed by atoms with Gasteiger partial charge in [0.1, 0.15) is 5.56 Å². The van der Waals surface area contributed by atoms with Gasteiger partial charge in [-0.05, 0) is 48.0 Å². The van der Waals surface area contributed by atoms with Crippen LogP contribution in [0.3, 0.4) is 0 Å². The molecule has 0 radical (unpaired) electrons. The van der Waals surface area contributed by atoms with Crippen LogP contribution >= 0.6 is 0 Å². The van der Waals surface area contributed by atoms with Crippen molar-refractivity contribution in [1.29, 1.82) is 0 Å². The van der Waals surface area contributed by atoms with Gasteiger partial charge in [-0.3, -0.25) is 14.5 Å². The van der Waals surface area contributed by atoms with Crippen LogP contribution in [0.25, 0.3) is 11.1 Å². The molecule has 170 valence electrons. The van der Waals surface area contributed by atoms with Crippen molar-refractivity contribution >= 4 is 11.6 Å². The molecule has 2 aliphatic heterocycles. The van der Waals surface area contributed by atoms with E-state index in [4.69, 9.17) is 9.47 Å². The monoisotopic (exact) mass is 446 g/mol. The summed E-state index contributed by atoms with van der Waals surface area (Å²) in [6.07, 6.45) is 1.60. The summed E-state index contributed by atoms with van der Waals surface area (Å²) >= 11 is 0. The Morgan fingerprint density at radius 3 is 2.64 bits per heavy atom. The number of nitrogens with zero attached hydrogens (tertiary/aromatic N) is 2. The third kappa shape index (κ3) is 4.62. The van der Waals surface area contributed by atoms with E-state index < -0.39 is 11.5 Å². The highest BCUT2D eigenvalue weighted by Crippen LogP contribution is 2.35. The number of pyridine rings is 1. The number of aromatic amines is 1. The molecular formula is C25H26N4O4. The van der Waals surface area contributed by atoms with E-state index in [9.17, 15) is 9.59 Å². The maximum atomic E-state index is 13.1. The molecule has 0 saturated carbocycles. The summed E-state index contributed by atoms with van der Waals surface area (Å²) in [6.45, 7) is 4.95. The molecule has 1 amide bonds. The molecule has 8 nitrogen and oxygen atoms in total. The summed E-state index contributed by atoms with van der Waals surface area (Å²) in [5, 5.41) is 2.95. The minimum Gasteiger partial charge on any atom is -0.454 e. The number of benzene rings is 2. The van der Waals surface area contributed by atoms with Gasteiger partial charge in [0.15, 0.2) is 11.5 Å². The molecule has 1 fully saturated rings. The number of amides is 1. The maximum absolute atomic E-state index is 13.1. The highest BCUT2D eigenvalue weighted by molar-refractivity contribution is 6.05. The third-order valence-electron chi connectivity index (χ3n) is 6.11. The lowest BCUT2D eigenvalue weighted by Crippen LogP contribution is -2.44. The Morgan fingerprint density at radius 2 is 1.79 bits per heavy atom. The summed E-state index contributed by atoms with van der Waals surface area (Å²) in [6, 6.07) is 14.9. The van der Waals surface area contributed by atoms with E-state index in [2.05, 4.69) is 27.1 Å². The fourth-order valence-electron chi connectivity index (χ4n) is 4.11. The van der Waals surface area contributed by atoms with Crippen molar-refractivity contribution < 1.29 is 14.3 Å². The summed E-state index contributed by atoms with van der Waals surface area (Å²) in [5.74, 6) is 0.880. The minimum atomic E-state index is -0.440. The Balaban J connectivity index is 1.36. The lowest BCUT2D eigenvalue weighted by molar-refractivity contribution is 0.102. The van der Waals surface area contributed by atoms with Gasteiger partial charge in [0.2, 0.25) is 6.79 Å². The number of hydrogen-bond donors (Lipinski definition) is 2. The number of nitrogens with one attached hydrogen (secondary N) is 2. The number of para-hydroxylation sites is 1. The SMILES string of the molecule is CN1CCN(Cc2ccccc2NC(=O)c2cc(-c3ccc4c(c3)OCO4)c[nH]c2=O)CC1. The first-order chi connectivity index (χ1) is 16.1. The molecule has 2 aliphatic rings. The fraction of sp³-hybridized carbons (Fsp3) is 0.280. The minimum absolute atomic E-state index is 0.0552. The molecule has 0 unspecified atom stereocenters. The smallest absolute Gasteiger partial charge is 0.261 e. The average Bonchev–Trinajstić information content (AvgIpc) is 3.30. The normalized spacial score (nSPS) is 16.0. The number of rotatable bonds is 5. The van der Waals surface area contributed by atoms with Gasteiger partial charge in [-0.25, -0.2) is 0 Å². The van der Waals surface area contributed by atoms with Crippen LogP contribution in [0.4, 0.5) is 5.69 Å². The van der Waals surface area contributed by atoms with E-state index >= 15 is 0 Å². The number of H-pyrrole nitrogens is 1. The molecule has 1 aromatic heterocycles. The van der Waals surface area contributed by atoms with Crippen LogP contribution in [0.15, 0.2) is 59.5 Å². The zero-order chi connectivity index (χ0) is 22.8. The summed E-state index contributed by atoms with van der Waals surface area (Å²) in [7, 11) is 2.13. The van der Waals surface area contributed by atoms with Crippen molar-refractivity contribution in [3.05, 3.63) is 76.2 Å². The third-order valence-corrected chi connectivity index (χ3v) is 6.11. The maximum Gasteiger partial charge on any atom is 0.261 e. The second-order valence-corrected chi connectivity index (χ2v) is 8.39. The Morgan fingerprint density at radius 1 is 1.00 bits per heavy atom. The van der Waals surface area contributed by atoms with Crippen molar-refractivity contribution in [1.82, 2.24) is 14.8 Å². The number of anilines is 1. The van der Waals surface area contributed by atoms with Crippen molar-refractivity contribution in [3.8, 4) is 22.6 Å². The van der Waals surface area contributed by atoms with E-state index in [1.807, 2.05) is 42.5 Å². The molecule has 2 aromatic carbocycles. The van der Waals surface area contributed by atoms with Crippen LogP contribution in [0, 0.1) is 0 Å². The molecule has 2 N–H and O–H groups in total. The highest BCUT2D eigenvalue weighted by atomic mass is 16.7. The molecule has 5 rings (SSSR count). The van der Waals surface area contributed by atoms with Crippen molar-refractivity contribution in [2.75, 3.05) is 45.3 Å². The predicted molar refractivity (Wildman–Crippen MR) is 126 cm³/mol. The molecule has 8 heteroatoms. The fourth-order valence-corrected chi connectivity index (χ4v) is 4.11. The number of carbonyl (C=O) groups is 1. The lowest BCUT2D eigenvalue weighted by atomic mass is 10.0. The molecule has 0 aliphatic carbocycles. The van der Waals surface area contributed by atoms with Gasteiger partial charge < -0.3 is 24.7 Å². The molecule has 0 spiro atoms. The Bertz CT molecular complexity index is 1230. The topological polar surface area (TPSA) is 86.9 Å². The summed E-state index contributed by atoms with van der Waals surface area (Å²) in [4.78, 5) is 32.9. The number of fused-ring (bicyclic) bond motifs is 1. The number of ether oxygens (including phenoxy) is 2. The van der Waals surface area contributed by atoms with Gasteiger partial charge in [-0.1, -0.05) is 24.3 Å². The van der Waals surface area contributed by atoms with Gasteiger partial charge in [0, 0.05) is 44.6 Å². The zero-order valence-corrected chi connectivity index (χ0v) is 18.5. The van der Waals surface area contributed by atoms with Crippen molar-refractivity contribution in [2.45, 2.75) is 6.54 Å². The number of carbonyl (C=O) groups excluding carboxylic acids is 1. The van der Waals surface area contributed by atoms with Gasteiger partial charge in [-0.2, -0.15) is 0 Å².